The Kier molecular flexibility index (Phi) is 5.26. The lowest BCUT2D eigenvalue weighted by atomic mass is 9.89. The second-order valence-corrected chi connectivity index (χ2v) is 5.00. The lowest BCUT2D eigenvalue weighted by molar-refractivity contribution is -0.144. The van der Waals surface area contributed by atoms with Crippen LogP contribution >= 0.6 is 0 Å². The number of hydrogen-bond donors (Lipinski definition) is 1. The number of likely N-dealkylation sites (tertiary alicyclic amines) is 1. The van der Waals surface area contributed by atoms with Crippen LogP contribution in [0.4, 0.5) is 0 Å². The van der Waals surface area contributed by atoms with Gasteiger partial charge in [0.25, 0.3) is 0 Å². The first-order chi connectivity index (χ1) is 7.60. The monoisotopic (exact) mass is 227 g/mol. The van der Waals surface area contributed by atoms with Gasteiger partial charge in [-0.15, -0.1) is 0 Å². The van der Waals surface area contributed by atoms with Gasteiger partial charge in [-0.05, 0) is 39.2 Å². The normalized spacial score (nSPS) is 28.9. The summed E-state index contributed by atoms with van der Waals surface area (Å²) in [5.41, 5.74) is 0. The average Bonchev–Trinajstić information content (AvgIpc) is 2.26. The molecule has 0 aromatic heterocycles. The van der Waals surface area contributed by atoms with Gasteiger partial charge in [-0.1, -0.05) is 20.3 Å². The highest BCUT2D eigenvalue weighted by atomic mass is 16.4. The molecule has 0 radical (unpaired) electrons. The van der Waals surface area contributed by atoms with E-state index >= 15 is 0 Å². The molecule has 0 amide bonds. The molecule has 1 N–H and O–H groups in total. The van der Waals surface area contributed by atoms with E-state index in [1.807, 2.05) is 0 Å². The summed E-state index contributed by atoms with van der Waals surface area (Å²) in [4.78, 5) is 13.5. The maximum Gasteiger partial charge on any atom is 0.306 e. The molecule has 1 aliphatic heterocycles. The molecular weight excluding hydrogens is 202 g/mol. The second-order valence-electron chi connectivity index (χ2n) is 5.00. The molecule has 1 heterocycles. The van der Waals surface area contributed by atoms with E-state index in [4.69, 9.17) is 5.11 Å². The van der Waals surface area contributed by atoms with Crippen LogP contribution in [0.15, 0.2) is 0 Å². The smallest absolute Gasteiger partial charge is 0.306 e. The lowest BCUT2D eigenvalue weighted by Gasteiger charge is -2.41. The number of piperidine rings is 1. The first kappa shape index (κ1) is 13.5. The highest BCUT2D eigenvalue weighted by molar-refractivity contribution is 5.70. The molecular formula is C13H25NO2. The van der Waals surface area contributed by atoms with Crippen molar-refractivity contribution >= 4 is 5.97 Å². The fraction of sp³-hybridized carbons (Fsp3) is 0.923. The van der Waals surface area contributed by atoms with Gasteiger partial charge >= 0.3 is 5.97 Å². The Hall–Kier alpha value is -0.570. The van der Waals surface area contributed by atoms with Gasteiger partial charge in [0.05, 0.1) is 5.92 Å². The van der Waals surface area contributed by atoms with E-state index < -0.39 is 5.97 Å². The number of carboxylic acid groups (broad SMARTS) is 1. The molecule has 1 saturated heterocycles. The summed E-state index contributed by atoms with van der Waals surface area (Å²) in [5.74, 6) is -0.736. The molecule has 1 rings (SSSR count). The van der Waals surface area contributed by atoms with Crippen LogP contribution in [0.5, 0.6) is 0 Å². The van der Waals surface area contributed by atoms with E-state index in [1.54, 1.807) is 0 Å². The third-order valence-electron chi connectivity index (χ3n) is 3.84. The Balaban J connectivity index is 2.54. The minimum atomic E-state index is -0.616. The molecule has 3 nitrogen and oxygen atoms in total. The predicted octanol–water partition coefficient (Wildman–Crippen LogP) is 2.75. The molecule has 0 aromatic carbocycles. The third kappa shape index (κ3) is 3.21. The van der Waals surface area contributed by atoms with Crippen molar-refractivity contribution in [2.24, 2.45) is 5.92 Å². The number of nitrogens with zero attached hydrogens (tertiary/aromatic N) is 1. The molecule has 1 fully saturated rings. The molecule has 0 saturated carbocycles. The standard InChI is InChI=1S/C13H25NO2/c1-4-6-12(5-2)14-8-7-11(13(15)16)9-10(14)3/h10-12H,4-9H2,1-3H3,(H,15,16). The van der Waals surface area contributed by atoms with Gasteiger partial charge in [-0.25, -0.2) is 0 Å². The van der Waals surface area contributed by atoms with Crippen LogP contribution in [-0.2, 0) is 4.79 Å². The Bertz CT molecular complexity index is 230. The van der Waals surface area contributed by atoms with Crippen molar-refractivity contribution < 1.29 is 9.90 Å². The summed E-state index contributed by atoms with van der Waals surface area (Å²) in [6.07, 6.45) is 5.26. The molecule has 0 aromatic rings. The van der Waals surface area contributed by atoms with E-state index in [9.17, 15) is 4.79 Å². The first-order valence-electron chi connectivity index (χ1n) is 6.58. The SMILES string of the molecule is CCCC(CC)N1CCC(C(=O)O)CC1C. The van der Waals surface area contributed by atoms with Gasteiger partial charge < -0.3 is 5.11 Å². The van der Waals surface area contributed by atoms with Gasteiger partial charge in [0.15, 0.2) is 0 Å². The van der Waals surface area contributed by atoms with E-state index in [0.29, 0.717) is 12.1 Å². The van der Waals surface area contributed by atoms with E-state index in [-0.39, 0.29) is 5.92 Å². The number of aliphatic carboxylic acids is 1. The summed E-state index contributed by atoms with van der Waals surface area (Å²) >= 11 is 0. The number of hydrogen-bond acceptors (Lipinski definition) is 2. The minimum absolute atomic E-state index is 0.120. The minimum Gasteiger partial charge on any atom is -0.481 e. The maximum absolute atomic E-state index is 11.0. The Labute approximate surface area is 98.8 Å². The van der Waals surface area contributed by atoms with Crippen LogP contribution in [0.2, 0.25) is 0 Å². The van der Waals surface area contributed by atoms with Crippen LogP contribution < -0.4 is 0 Å². The quantitative estimate of drug-likeness (QED) is 0.785. The van der Waals surface area contributed by atoms with Crippen molar-refractivity contribution in [3.63, 3.8) is 0 Å². The van der Waals surface area contributed by atoms with Crippen LogP contribution in [-0.4, -0.2) is 34.6 Å². The van der Waals surface area contributed by atoms with Gasteiger partial charge in [0.1, 0.15) is 0 Å². The zero-order chi connectivity index (χ0) is 12.1. The summed E-state index contributed by atoms with van der Waals surface area (Å²) in [7, 11) is 0. The summed E-state index contributed by atoms with van der Waals surface area (Å²) < 4.78 is 0. The largest absolute Gasteiger partial charge is 0.481 e. The van der Waals surface area contributed by atoms with E-state index in [1.165, 1.54) is 19.3 Å². The third-order valence-corrected chi connectivity index (χ3v) is 3.84. The van der Waals surface area contributed by atoms with Crippen molar-refractivity contribution in [2.75, 3.05) is 6.54 Å². The summed E-state index contributed by atoms with van der Waals surface area (Å²) in [6, 6.07) is 1.07. The van der Waals surface area contributed by atoms with Crippen LogP contribution in [0, 0.1) is 5.92 Å². The fourth-order valence-electron chi connectivity index (χ4n) is 2.89. The summed E-state index contributed by atoms with van der Waals surface area (Å²) in [6.45, 7) is 7.58. The maximum atomic E-state index is 11.0. The molecule has 1 aliphatic rings. The summed E-state index contributed by atoms with van der Waals surface area (Å²) in [5, 5.41) is 9.02. The average molecular weight is 227 g/mol. The zero-order valence-electron chi connectivity index (χ0n) is 10.8. The lowest BCUT2D eigenvalue weighted by Crippen LogP contribution is -2.48. The number of carboxylic acids is 1. The molecule has 3 unspecified atom stereocenters. The molecule has 0 aliphatic carbocycles. The highest BCUT2D eigenvalue weighted by Crippen LogP contribution is 2.27. The number of carbonyl (C=O) groups is 1. The molecule has 3 atom stereocenters. The van der Waals surface area contributed by atoms with Crippen molar-refractivity contribution in [3.8, 4) is 0 Å². The molecule has 0 spiro atoms. The van der Waals surface area contributed by atoms with E-state index in [2.05, 4.69) is 25.7 Å². The van der Waals surface area contributed by atoms with Crippen molar-refractivity contribution in [1.29, 1.82) is 0 Å². The molecule has 3 heteroatoms. The molecule has 94 valence electrons. The Morgan fingerprint density at radius 1 is 1.50 bits per heavy atom. The van der Waals surface area contributed by atoms with Crippen LogP contribution in [0.25, 0.3) is 0 Å². The predicted molar refractivity (Wildman–Crippen MR) is 65.5 cm³/mol. The van der Waals surface area contributed by atoms with Gasteiger partial charge in [-0.2, -0.15) is 0 Å². The molecule has 16 heavy (non-hydrogen) atoms. The number of rotatable bonds is 5. The van der Waals surface area contributed by atoms with E-state index in [0.717, 1.165) is 19.4 Å². The van der Waals surface area contributed by atoms with Crippen LogP contribution in [0.1, 0.15) is 52.9 Å². The van der Waals surface area contributed by atoms with Crippen LogP contribution in [0.3, 0.4) is 0 Å². The van der Waals surface area contributed by atoms with Crippen molar-refractivity contribution in [3.05, 3.63) is 0 Å². The van der Waals surface area contributed by atoms with Gasteiger partial charge in [-0.3, -0.25) is 9.69 Å². The topological polar surface area (TPSA) is 40.5 Å². The fourth-order valence-corrected chi connectivity index (χ4v) is 2.89. The van der Waals surface area contributed by atoms with Gasteiger partial charge in [0.2, 0.25) is 0 Å². The van der Waals surface area contributed by atoms with Crippen molar-refractivity contribution in [2.45, 2.75) is 65.0 Å². The second kappa shape index (κ2) is 6.24. The Morgan fingerprint density at radius 2 is 2.19 bits per heavy atom. The van der Waals surface area contributed by atoms with Crippen molar-refractivity contribution in [1.82, 2.24) is 4.90 Å². The van der Waals surface area contributed by atoms with Gasteiger partial charge in [0, 0.05) is 12.1 Å². The zero-order valence-corrected chi connectivity index (χ0v) is 10.8. The molecule has 0 bridgehead atoms. The first-order valence-corrected chi connectivity index (χ1v) is 6.58. The highest BCUT2D eigenvalue weighted by Gasteiger charge is 2.32. The Morgan fingerprint density at radius 3 is 2.62 bits per heavy atom.